The predicted octanol–water partition coefficient (Wildman–Crippen LogP) is 1.42. The Labute approximate surface area is 76.5 Å². The molecule has 0 aromatic rings. The van der Waals surface area contributed by atoms with Crippen LogP contribution in [0.5, 0.6) is 0 Å². The maximum atomic E-state index is 2.61. The van der Waals surface area contributed by atoms with Crippen LogP contribution in [0.3, 0.4) is 0 Å². The summed E-state index contributed by atoms with van der Waals surface area (Å²) in [6, 6.07) is 2.10. The molecule has 2 atom stereocenters. The Hall–Kier alpha value is -0.0800. The molecule has 0 aromatic heterocycles. The van der Waals surface area contributed by atoms with Crippen molar-refractivity contribution >= 4 is 0 Å². The summed E-state index contributed by atoms with van der Waals surface area (Å²) in [4.78, 5) is 5.04. The van der Waals surface area contributed by atoms with Crippen LogP contribution in [0.1, 0.15) is 27.7 Å². The molecule has 1 aliphatic heterocycles. The van der Waals surface area contributed by atoms with E-state index in [1.54, 1.807) is 0 Å². The fourth-order valence-electron chi connectivity index (χ4n) is 2.62. The molecule has 12 heavy (non-hydrogen) atoms. The highest BCUT2D eigenvalue weighted by atomic mass is 15.3. The molecule has 0 saturated carbocycles. The molecule has 0 aromatic carbocycles. The smallest absolute Gasteiger partial charge is 0.0200 e. The van der Waals surface area contributed by atoms with Crippen molar-refractivity contribution in [2.45, 2.75) is 45.8 Å². The summed E-state index contributed by atoms with van der Waals surface area (Å²) >= 11 is 0. The Morgan fingerprint density at radius 1 is 1.08 bits per heavy atom. The van der Waals surface area contributed by atoms with Crippen LogP contribution in [0.15, 0.2) is 0 Å². The van der Waals surface area contributed by atoms with Crippen LogP contribution in [-0.4, -0.2) is 48.1 Å². The Bertz CT molecular complexity index is 133. The molecule has 0 N–H and O–H groups in total. The van der Waals surface area contributed by atoms with Crippen LogP contribution in [0.4, 0.5) is 0 Å². The number of likely N-dealkylation sites (N-methyl/N-ethyl adjacent to an activating group) is 1. The maximum absolute atomic E-state index is 2.61. The second kappa shape index (κ2) is 3.75. The first kappa shape index (κ1) is 10.0. The van der Waals surface area contributed by atoms with Gasteiger partial charge in [0.2, 0.25) is 0 Å². The zero-order valence-electron chi connectivity index (χ0n) is 9.04. The van der Waals surface area contributed by atoms with Crippen molar-refractivity contribution in [3.63, 3.8) is 0 Å². The van der Waals surface area contributed by atoms with E-state index in [9.17, 15) is 0 Å². The molecule has 72 valence electrons. The third kappa shape index (κ3) is 1.99. The summed E-state index contributed by atoms with van der Waals surface area (Å²) in [6.07, 6.45) is 0. The van der Waals surface area contributed by atoms with Crippen LogP contribution in [0, 0.1) is 0 Å². The Morgan fingerprint density at radius 3 is 1.83 bits per heavy atom. The van der Waals surface area contributed by atoms with Gasteiger partial charge >= 0.3 is 0 Å². The van der Waals surface area contributed by atoms with Gasteiger partial charge in [0.15, 0.2) is 0 Å². The molecule has 0 amide bonds. The largest absolute Gasteiger partial charge is 0.303 e. The van der Waals surface area contributed by atoms with Gasteiger partial charge in [-0.15, -0.1) is 0 Å². The minimum atomic E-state index is 0.684. The zero-order chi connectivity index (χ0) is 9.30. The number of nitrogens with zero attached hydrogens (tertiary/aromatic N) is 2. The van der Waals surface area contributed by atoms with E-state index >= 15 is 0 Å². The third-order valence-corrected chi connectivity index (χ3v) is 2.77. The molecule has 0 radical (unpaired) electrons. The van der Waals surface area contributed by atoms with Gasteiger partial charge in [0.1, 0.15) is 0 Å². The standard InChI is InChI=1S/C10H22N2/c1-8(2)12-9(3)6-11(5)7-10(12)4/h8-10H,6-7H2,1-5H3/t9-,10?/m1/s1. The lowest BCUT2D eigenvalue weighted by Gasteiger charge is -2.45. The summed E-state index contributed by atoms with van der Waals surface area (Å²) in [7, 11) is 2.21. The van der Waals surface area contributed by atoms with Gasteiger partial charge in [-0.1, -0.05) is 0 Å². The monoisotopic (exact) mass is 170 g/mol. The molecule has 1 rings (SSSR count). The van der Waals surface area contributed by atoms with Crippen LogP contribution in [0.2, 0.25) is 0 Å². The second-order valence-corrected chi connectivity index (χ2v) is 4.46. The second-order valence-electron chi connectivity index (χ2n) is 4.46. The van der Waals surface area contributed by atoms with Crippen molar-refractivity contribution in [3.8, 4) is 0 Å². The maximum Gasteiger partial charge on any atom is 0.0200 e. The lowest BCUT2D eigenvalue weighted by atomic mass is 10.1. The van der Waals surface area contributed by atoms with Gasteiger partial charge in [0, 0.05) is 31.2 Å². The Balaban J connectivity index is 2.60. The molecule has 1 saturated heterocycles. The summed E-state index contributed by atoms with van der Waals surface area (Å²) in [5, 5.41) is 0. The van der Waals surface area contributed by atoms with Gasteiger partial charge in [-0.25, -0.2) is 0 Å². The van der Waals surface area contributed by atoms with Gasteiger partial charge in [0.25, 0.3) is 0 Å². The van der Waals surface area contributed by atoms with E-state index < -0.39 is 0 Å². The van der Waals surface area contributed by atoms with Crippen LogP contribution in [-0.2, 0) is 0 Å². The zero-order valence-corrected chi connectivity index (χ0v) is 9.04. The molecule has 1 aliphatic rings. The van der Waals surface area contributed by atoms with Crippen molar-refractivity contribution in [1.29, 1.82) is 0 Å². The molecule has 2 nitrogen and oxygen atoms in total. The van der Waals surface area contributed by atoms with Crippen LogP contribution < -0.4 is 0 Å². The topological polar surface area (TPSA) is 6.48 Å². The first-order valence-corrected chi connectivity index (χ1v) is 4.98. The van der Waals surface area contributed by atoms with Gasteiger partial charge in [-0.3, -0.25) is 4.90 Å². The number of rotatable bonds is 1. The molecule has 1 heterocycles. The van der Waals surface area contributed by atoms with E-state index in [0.717, 1.165) is 0 Å². The van der Waals surface area contributed by atoms with Crippen molar-refractivity contribution < 1.29 is 0 Å². The Morgan fingerprint density at radius 2 is 1.50 bits per heavy atom. The Kier molecular flexibility index (Phi) is 3.13. The van der Waals surface area contributed by atoms with E-state index in [2.05, 4.69) is 44.5 Å². The predicted molar refractivity (Wildman–Crippen MR) is 53.4 cm³/mol. The van der Waals surface area contributed by atoms with Gasteiger partial charge in [0.05, 0.1) is 0 Å². The normalized spacial score (nSPS) is 34.5. The van der Waals surface area contributed by atoms with Crippen molar-refractivity contribution in [1.82, 2.24) is 9.80 Å². The van der Waals surface area contributed by atoms with Gasteiger partial charge in [-0.2, -0.15) is 0 Å². The molecular formula is C10H22N2. The van der Waals surface area contributed by atoms with E-state index in [4.69, 9.17) is 0 Å². The fraction of sp³-hybridized carbons (Fsp3) is 1.00. The minimum absolute atomic E-state index is 0.684. The first-order valence-electron chi connectivity index (χ1n) is 4.98. The van der Waals surface area contributed by atoms with Crippen molar-refractivity contribution in [3.05, 3.63) is 0 Å². The average molecular weight is 170 g/mol. The van der Waals surface area contributed by atoms with E-state index in [1.807, 2.05) is 0 Å². The van der Waals surface area contributed by atoms with Gasteiger partial charge in [-0.05, 0) is 34.7 Å². The fourth-order valence-corrected chi connectivity index (χ4v) is 2.62. The molecule has 0 spiro atoms. The SMILES string of the molecule is CC(C)N1C(C)CN(C)C[C@H]1C. The lowest BCUT2D eigenvalue weighted by Crippen LogP contribution is -2.57. The van der Waals surface area contributed by atoms with E-state index in [-0.39, 0.29) is 0 Å². The van der Waals surface area contributed by atoms with Crippen LogP contribution >= 0.6 is 0 Å². The first-order chi connectivity index (χ1) is 5.52. The minimum Gasteiger partial charge on any atom is -0.303 e. The molecule has 1 unspecified atom stereocenters. The van der Waals surface area contributed by atoms with Crippen molar-refractivity contribution in [2.24, 2.45) is 0 Å². The van der Waals surface area contributed by atoms with Crippen molar-refractivity contribution in [2.75, 3.05) is 20.1 Å². The summed E-state index contributed by atoms with van der Waals surface area (Å²) in [5.74, 6) is 0. The van der Waals surface area contributed by atoms with E-state index in [0.29, 0.717) is 18.1 Å². The summed E-state index contributed by atoms with van der Waals surface area (Å²) < 4.78 is 0. The number of hydrogen-bond acceptors (Lipinski definition) is 2. The summed E-state index contributed by atoms with van der Waals surface area (Å²) in [6.45, 7) is 11.7. The third-order valence-electron chi connectivity index (χ3n) is 2.77. The molecule has 1 fully saturated rings. The summed E-state index contributed by atoms with van der Waals surface area (Å²) in [5.41, 5.74) is 0. The van der Waals surface area contributed by atoms with Gasteiger partial charge < -0.3 is 4.90 Å². The molecule has 0 bridgehead atoms. The highest BCUT2D eigenvalue weighted by Crippen LogP contribution is 2.16. The highest BCUT2D eigenvalue weighted by Gasteiger charge is 2.28. The number of piperazine rings is 1. The quantitative estimate of drug-likeness (QED) is 0.587. The lowest BCUT2D eigenvalue weighted by molar-refractivity contribution is 0.0280. The molecular weight excluding hydrogens is 148 g/mol. The van der Waals surface area contributed by atoms with E-state index in [1.165, 1.54) is 13.1 Å². The van der Waals surface area contributed by atoms with Crippen LogP contribution in [0.25, 0.3) is 0 Å². The molecule has 0 aliphatic carbocycles. The highest BCUT2D eigenvalue weighted by molar-refractivity contribution is 4.85. The molecule has 2 heteroatoms. The number of hydrogen-bond donors (Lipinski definition) is 0. The average Bonchev–Trinajstić information content (AvgIpc) is 1.82.